The molecule has 0 aliphatic carbocycles. The van der Waals surface area contributed by atoms with E-state index in [1.54, 1.807) is 7.11 Å². The van der Waals surface area contributed by atoms with Gasteiger partial charge in [0.25, 0.3) is 0 Å². The van der Waals surface area contributed by atoms with Crippen LogP contribution >= 0.6 is 0 Å². The molecule has 2 saturated heterocycles. The Morgan fingerprint density at radius 1 is 1.19 bits per heavy atom. The Morgan fingerprint density at radius 2 is 1.93 bits per heavy atom. The van der Waals surface area contributed by atoms with Crippen LogP contribution < -0.4 is 10.1 Å². The van der Waals surface area contributed by atoms with Gasteiger partial charge in [-0.3, -0.25) is 14.5 Å². The number of carbonyl (C=O) groups is 2. The molecule has 2 amide bonds. The molecule has 0 saturated carbocycles. The highest BCUT2D eigenvalue weighted by molar-refractivity contribution is 5.88. The van der Waals surface area contributed by atoms with Gasteiger partial charge < -0.3 is 15.0 Å². The number of carbonyl (C=O) groups excluding carboxylic acids is 2. The number of nitrogens with zero attached hydrogens (tertiary/aromatic N) is 2. The number of hydrogen-bond donors (Lipinski definition) is 1. The van der Waals surface area contributed by atoms with Crippen LogP contribution in [0.15, 0.2) is 18.2 Å². The maximum absolute atomic E-state index is 12.8. The highest BCUT2D eigenvalue weighted by Gasteiger charge is 2.33. The van der Waals surface area contributed by atoms with E-state index in [4.69, 9.17) is 4.74 Å². The van der Waals surface area contributed by atoms with Crippen molar-refractivity contribution in [2.24, 2.45) is 0 Å². The molecule has 3 rings (SSSR count). The van der Waals surface area contributed by atoms with Crippen LogP contribution in [-0.4, -0.2) is 60.9 Å². The summed E-state index contributed by atoms with van der Waals surface area (Å²) in [5.41, 5.74) is 2.21. The summed E-state index contributed by atoms with van der Waals surface area (Å²) in [4.78, 5) is 29.4. The lowest BCUT2D eigenvalue weighted by atomic mass is 10.0. The molecule has 1 aromatic rings. The zero-order valence-corrected chi connectivity index (χ0v) is 16.5. The van der Waals surface area contributed by atoms with Crippen molar-refractivity contribution in [2.75, 3.05) is 33.3 Å². The van der Waals surface area contributed by atoms with E-state index in [0.29, 0.717) is 13.1 Å². The van der Waals surface area contributed by atoms with Gasteiger partial charge in [-0.15, -0.1) is 0 Å². The average Bonchev–Trinajstić information content (AvgIpc) is 2.94. The SMILES string of the molecule is COc1ccc(CN2CCNC(=O)[C@H]2CC(=O)N2CCCCCC2)cc1C. The van der Waals surface area contributed by atoms with Crippen molar-refractivity contribution in [1.82, 2.24) is 15.1 Å². The van der Waals surface area contributed by atoms with Crippen molar-refractivity contribution in [3.05, 3.63) is 29.3 Å². The van der Waals surface area contributed by atoms with Gasteiger partial charge in [0, 0.05) is 32.7 Å². The normalized spacial score (nSPS) is 21.5. The minimum Gasteiger partial charge on any atom is -0.496 e. The summed E-state index contributed by atoms with van der Waals surface area (Å²) in [7, 11) is 1.67. The third kappa shape index (κ3) is 5.01. The molecule has 1 atom stereocenters. The average molecular weight is 373 g/mol. The van der Waals surface area contributed by atoms with E-state index in [1.807, 2.05) is 24.0 Å². The van der Waals surface area contributed by atoms with Crippen LogP contribution in [0.5, 0.6) is 5.75 Å². The van der Waals surface area contributed by atoms with Crippen LogP contribution in [0.2, 0.25) is 0 Å². The lowest BCUT2D eigenvalue weighted by molar-refractivity contribution is -0.139. The fraction of sp³-hybridized carbons (Fsp3) is 0.619. The summed E-state index contributed by atoms with van der Waals surface area (Å²) in [5, 5.41) is 2.93. The molecule has 148 valence electrons. The molecule has 0 aromatic heterocycles. The number of amides is 2. The Morgan fingerprint density at radius 3 is 2.59 bits per heavy atom. The molecule has 6 heteroatoms. The second-order valence-electron chi connectivity index (χ2n) is 7.58. The van der Waals surface area contributed by atoms with Gasteiger partial charge in [-0.2, -0.15) is 0 Å². The Labute approximate surface area is 161 Å². The molecular formula is C21H31N3O3. The molecule has 1 aromatic carbocycles. The summed E-state index contributed by atoms with van der Waals surface area (Å²) in [6.45, 7) is 5.72. The topological polar surface area (TPSA) is 61.9 Å². The summed E-state index contributed by atoms with van der Waals surface area (Å²) in [6, 6.07) is 5.70. The molecule has 2 fully saturated rings. The number of piperazine rings is 1. The monoisotopic (exact) mass is 373 g/mol. The van der Waals surface area contributed by atoms with Gasteiger partial charge in [0.1, 0.15) is 5.75 Å². The fourth-order valence-electron chi connectivity index (χ4n) is 4.06. The number of aryl methyl sites for hydroxylation is 1. The van der Waals surface area contributed by atoms with Crippen molar-refractivity contribution in [2.45, 2.75) is 51.6 Å². The van der Waals surface area contributed by atoms with Crippen molar-refractivity contribution in [1.29, 1.82) is 0 Å². The largest absolute Gasteiger partial charge is 0.496 e. The lowest BCUT2D eigenvalue weighted by Gasteiger charge is -2.35. The molecule has 27 heavy (non-hydrogen) atoms. The number of benzene rings is 1. The maximum Gasteiger partial charge on any atom is 0.237 e. The first-order chi connectivity index (χ1) is 13.1. The van der Waals surface area contributed by atoms with Crippen molar-refractivity contribution in [3.63, 3.8) is 0 Å². The molecule has 0 radical (unpaired) electrons. The van der Waals surface area contributed by atoms with E-state index in [0.717, 1.165) is 49.4 Å². The zero-order chi connectivity index (χ0) is 19.2. The van der Waals surface area contributed by atoms with Crippen LogP contribution in [0.1, 0.15) is 43.2 Å². The predicted octanol–water partition coefficient (Wildman–Crippen LogP) is 2.10. The number of ether oxygens (including phenoxy) is 1. The van der Waals surface area contributed by atoms with Crippen LogP contribution in [0.4, 0.5) is 0 Å². The minimum absolute atomic E-state index is 0.0327. The molecule has 0 spiro atoms. The Kier molecular flexibility index (Phi) is 6.72. The van der Waals surface area contributed by atoms with E-state index in [9.17, 15) is 9.59 Å². The Balaban J connectivity index is 1.68. The number of methoxy groups -OCH3 is 1. The lowest BCUT2D eigenvalue weighted by Crippen LogP contribution is -2.56. The number of hydrogen-bond acceptors (Lipinski definition) is 4. The second kappa shape index (κ2) is 9.22. The molecule has 0 bridgehead atoms. The van der Waals surface area contributed by atoms with E-state index < -0.39 is 6.04 Å². The minimum atomic E-state index is -0.392. The first kappa shape index (κ1) is 19.7. The standard InChI is InChI=1S/C21H31N3O3/c1-16-13-17(7-8-19(16)27-2)15-24-12-9-22-21(26)18(24)14-20(25)23-10-5-3-4-6-11-23/h7-8,13,18H,3-6,9-12,14-15H2,1-2H3,(H,22,26)/t18-/m1/s1. The van der Waals surface area contributed by atoms with E-state index in [-0.39, 0.29) is 18.2 Å². The number of nitrogens with one attached hydrogen (secondary N) is 1. The summed E-state index contributed by atoms with van der Waals surface area (Å²) in [5.74, 6) is 0.938. The quantitative estimate of drug-likeness (QED) is 0.859. The smallest absolute Gasteiger partial charge is 0.237 e. The maximum atomic E-state index is 12.8. The highest BCUT2D eigenvalue weighted by Crippen LogP contribution is 2.22. The fourth-order valence-corrected chi connectivity index (χ4v) is 4.06. The second-order valence-corrected chi connectivity index (χ2v) is 7.58. The van der Waals surface area contributed by atoms with Gasteiger partial charge in [-0.05, 0) is 37.0 Å². The van der Waals surface area contributed by atoms with Gasteiger partial charge in [-0.25, -0.2) is 0 Å². The molecule has 1 N–H and O–H groups in total. The zero-order valence-electron chi connectivity index (χ0n) is 16.5. The molecule has 2 aliphatic rings. The van der Waals surface area contributed by atoms with Gasteiger partial charge in [0.15, 0.2) is 0 Å². The van der Waals surface area contributed by atoms with Crippen LogP contribution in [0.3, 0.4) is 0 Å². The van der Waals surface area contributed by atoms with E-state index in [1.165, 1.54) is 12.8 Å². The molecular weight excluding hydrogens is 342 g/mol. The number of rotatable bonds is 5. The summed E-state index contributed by atoms with van der Waals surface area (Å²) in [6.07, 6.45) is 4.78. The van der Waals surface area contributed by atoms with Gasteiger partial charge in [0.05, 0.1) is 19.6 Å². The summed E-state index contributed by atoms with van der Waals surface area (Å²) < 4.78 is 5.33. The van der Waals surface area contributed by atoms with Crippen LogP contribution in [-0.2, 0) is 16.1 Å². The predicted molar refractivity (Wildman–Crippen MR) is 105 cm³/mol. The van der Waals surface area contributed by atoms with Gasteiger partial charge >= 0.3 is 0 Å². The first-order valence-corrected chi connectivity index (χ1v) is 10.0. The summed E-state index contributed by atoms with van der Waals surface area (Å²) >= 11 is 0. The molecule has 6 nitrogen and oxygen atoms in total. The van der Waals surface area contributed by atoms with E-state index in [2.05, 4.69) is 16.3 Å². The number of likely N-dealkylation sites (tertiary alicyclic amines) is 1. The Bertz CT molecular complexity index is 669. The van der Waals surface area contributed by atoms with Crippen LogP contribution in [0, 0.1) is 6.92 Å². The third-order valence-corrected chi connectivity index (χ3v) is 5.61. The third-order valence-electron chi connectivity index (χ3n) is 5.61. The Hall–Kier alpha value is -2.08. The van der Waals surface area contributed by atoms with Crippen LogP contribution in [0.25, 0.3) is 0 Å². The van der Waals surface area contributed by atoms with Crippen molar-refractivity contribution < 1.29 is 14.3 Å². The molecule has 2 aliphatic heterocycles. The van der Waals surface area contributed by atoms with E-state index >= 15 is 0 Å². The molecule has 2 heterocycles. The van der Waals surface area contributed by atoms with Gasteiger partial charge in [-0.1, -0.05) is 25.0 Å². The van der Waals surface area contributed by atoms with Crippen molar-refractivity contribution in [3.8, 4) is 5.75 Å². The van der Waals surface area contributed by atoms with Gasteiger partial charge in [0.2, 0.25) is 11.8 Å². The molecule has 0 unspecified atom stereocenters. The first-order valence-electron chi connectivity index (χ1n) is 10.0. The van der Waals surface area contributed by atoms with Crippen molar-refractivity contribution >= 4 is 11.8 Å². The highest BCUT2D eigenvalue weighted by atomic mass is 16.5.